The van der Waals surface area contributed by atoms with Crippen LogP contribution in [-0.4, -0.2) is 24.5 Å². The highest BCUT2D eigenvalue weighted by molar-refractivity contribution is 7.07. The zero-order valence-electron chi connectivity index (χ0n) is 15.8. The van der Waals surface area contributed by atoms with E-state index in [9.17, 15) is 9.59 Å². The van der Waals surface area contributed by atoms with E-state index >= 15 is 0 Å². The number of rotatable bonds is 6. The van der Waals surface area contributed by atoms with Crippen LogP contribution in [-0.2, 0) is 4.79 Å². The highest BCUT2D eigenvalue weighted by atomic mass is 32.1. The average molecular weight is 375 g/mol. The van der Waals surface area contributed by atoms with Gasteiger partial charge in [0.25, 0.3) is 5.56 Å². The molecule has 0 aliphatic heterocycles. The Morgan fingerprint density at radius 1 is 1.27 bits per heavy atom. The fourth-order valence-electron chi connectivity index (χ4n) is 2.12. The molecule has 1 aromatic heterocycles. The second-order valence-corrected chi connectivity index (χ2v) is 8.03. The topological polar surface area (TPSA) is 68.4 Å². The summed E-state index contributed by atoms with van der Waals surface area (Å²) in [5.74, 6) is 1.27. The Morgan fingerprint density at radius 3 is 2.62 bits per heavy atom. The van der Waals surface area contributed by atoms with Crippen LogP contribution in [0.2, 0.25) is 0 Å². The van der Waals surface area contributed by atoms with Crippen molar-refractivity contribution in [2.75, 3.05) is 13.7 Å². The highest BCUT2D eigenvalue weighted by Gasteiger charge is 2.18. The Labute approximate surface area is 157 Å². The summed E-state index contributed by atoms with van der Waals surface area (Å²) in [6.07, 6.45) is 4.16. The summed E-state index contributed by atoms with van der Waals surface area (Å²) in [7, 11) is 1.59. The number of hydrogen-bond acceptors (Lipinski definition) is 5. The van der Waals surface area contributed by atoms with E-state index in [2.05, 4.69) is 4.98 Å². The Hall–Kier alpha value is -2.34. The molecular formula is C20H25NO4S. The Kier molecular flexibility index (Phi) is 6.42. The molecule has 1 aromatic carbocycles. The van der Waals surface area contributed by atoms with Gasteiger partial charge in [0.05, 0.1) is 22.9 Å². The van der Waals surface area contributed by atoms with E-state index in [1.54, 1.807) is 13.2 Å². The summed E-state index contributed by atoms with van der Waals surface area (Å²) in [4.78, 5) is 27.0. The first kappa shape index (κ1) is 20.0. The molecule has 0 radical (unpaired) electrons. The number of hydrogen-bond donors (Lipinski definition) is 1. The zero-order valence-corrected chi connectivity index (χ0v) is 16.7. The second-order valence-electron chi connectivity index (χ2n) is 6.95. The van der Waals surface area contributed by atoms with Gasteiger partial charge in [-0.3, -0.25) is 9.59 Å². The van der Waals surface area contributed by atoms with Crippen LogP contribution >= 0.6 is 11.3 Å². The van der Waals surface area contributed by atoms with Gasteiger partial charge in [-0.05, 0) is 30.2 Å². The Balaban J connectivity index is 2.43. The molecule has 6 heteroatoms. The van der Waals surface area contributed by atoms with E-state index in [1.807, 2.05) is 45.9 Å². The number of nitrogens with one attached hydrogen (secondary N) is 1. The van der Waals surface area contributed by atoms with Gasteiger partial charge in [-0.25, -0.2) is 0 Å². The number of aromatic nitrogens is 1. The normalized spacial score (nSPS) is 13.1. The minimum absolute atomic E-state index is 0.0266. The number of Topliss-reactive ketones (excluding diaryl/α,β-unsaturated/α-hetero) is 1. The lowest BCUT2D eigenvalue weighted by atomic mass is 9.91. The number of carbonyl (C=O) groups is 1. The van der Waals surface area contributed by atoms with Crippen molar-refractivity contribution in [1.29, 1.82) is 0 Å². The molecule has 2 rings (SSSR count). The first-order valence-corrected chi connectivity index (χ1v) is 9.34. The maximum Gasteiger partial charge on any atom is 0.266 e. The fraction of sp³-hybridized carbons (Fsp3) is 0.400. The summed E-state index contributed by atoms with van der Waals surface area (Å²) in [6.45, 7) is 8.16. The Morgan fingerprint density at radius 2 is 2.00 bits per heavy atom. The Bertz CT molecular complexity index is 947. The summed E-state index contributed by atoms with van der Waals surface area (Å²) in [5.41, 5.74) is 0.138. The van der Waals surface area contributed by atoms with Crippen molar-refractivity contribution in [2.24, 2.45) is 5.41 Å². The van der Waals surface area contributed by atoms with Crippen molar-refractivity contribution in [3.05, 3.63) is 43.3 Å². The van der Waals surface area contributed by atoms with Crippen molar-refractivity contribution in [2.45, 2.75) is 34.1 Å². The van der Waals surface area contributed by atoms with Gasteiger partial charge in [0.1, 0.15) is 0 Å². The lowest BCUT2D eigenvalue weighted by Crippen LogP contribution is -2.22. The van der Waals surface area contributed by atoms with Crippen molar-refractivity contribution in [3.8, 4) is 11.5 Å². The minimum Gasteiger partial charge on any atom is -0.493 e. The number of ketones is 1. The summed E-state index contributed by atoms with van der Waals surface area (Å²) in [6, 6.07) is 5.52. The molecule has 0 unspecified atom stereocenters. The van der Waals surface area contributed by atoms with Crippen LogP contribution in [0, 0.1) is 5.41 Å². The van der Waals surface area contributed by atoms with E-state index in [-0.39, 0.29) is 11.3 Å². The molecule has 0 fully saturated rings. The first-order valence-electron chi connectivity index (χ1n) is 8.52. The van der Waals surface area contributed by atoms with Gasteiger partial charge in [-0.15, -0.1) is 11.3 Å². The third-order valence-corrected chi connectivity index (χ3v) is 4.59. The van der Waals surface area contributed by atoms with E-state index in [4.69, 9.17) is 9.47 Å². The first-order chi connectivity index (χ1) is 12.2. The van der Waals surface area contributed by atoms with Gasteiger partial charge in [0.2, 0.25) is 0 Å². The number of ether oxygens (including phenoxy) is 2. The number of benzene rings is 1. The van der Waals surface area contributed by atoms with Crippen LogP contribution in [0.15, 0.2) is 23.0 Å². The quantitative estimate of drug-likeness (QED) is 0.842. The lowest BCUT2D eigenvalue weighted by molar-refractivity contribution is -0.119. The molecule has 140 valence electrons. The predicted molar refractivity (Wildman–Crippen MR) is 105 cm³/mol. The van der Waals surface area contributed by atoms with E-state index in [0.29, 0.717) is 27.3 Å². The SMILES string of the molecule is CCCOc1cc(C=c2sc(=CC(=O)C(C)(C)C)[nH]c2=O)ccc1OC. The maximum absolute atomic E-state index is 12.2. The van der Waals surface area contributed by atoms with Crippen LogP contribution in [0.3, 0.4) is 0 Å². The molecule has 0 bridgehead atoms. The molecule has 2 aromatic rings. The van der Waals surface area contributed by atoms with Gasteiger partial charge in [0.15, 0.2) is 17.3 Å². The maximum atomic E-state index is 12.2. The van der Waals surface area contributed by atoms with Crippen molar-refractivity contribution >= 4 is 29.3 Å². The zero-order chi connectivity index (χ0) is 19.3. The van der Waals surface area contributed by atoms with Crippen molar-refractivity contribution in [3.63, 3.8) is 0 Å². The second kappa shape index (κ2) is 8.36. The van der Waals surface area contributed by atoms with Gasteiger partial charge >= 0.3 is 0 Å². The van der Waals surface area contributed by atoms with E-state index in [1.165, 1.54) is 17.4 Å². The van der Waals surface area contributed by atoms with Crippen LogP contribution in [0.25, 0.3) is 12.2 Å². The predicted octanol–water partition coefficient (Wildman–Crippen LogP) is 2.46. The highest BCUT2D eigenvalue weighted by Crippen LogP contribution is 2.28. The van der Waals surface area contributed by atoms with Crippen LogP contribution in [0.5, 0.6) is 11.5 Å². The average Bonchev–Trinajstić information content (AvgIpc) is 2.91. The molecule has 0 atom stereocenters. The molecule has 0 saturated heterocycles. The molecule has 0 saturated carbocycles. The summed E-state index contributed by atoms with van der Waals surface area (Å²) in [5, 5.41) is 0. The number of thiazole rings is 1. The van der Waals surface area contributed by atoms with Crippen LogP contribution in [0.4, 0.5) is 0 Å². The van der Waals surface area contributed by atoms with Crippen LogP contribution in [0.1, 0.15) is 39.7 Å². The largest absolute Gasteiger partial charge is 0.493 e. The molecule has 26 heavy (non-hydrogen) atoms. The summed E-state index contributed by atoms with van der Waals surface area (Å²) < 4.78 is 12.1. The molecule has 5 nitrogen and oxygen atoms in total. The van der Waals surface area contributed by atoms with Gasteiger partial charge in [-0.2, -0.15) is 0 Å². The molecule has 0 amide bonds. The van der Waals surface area contributed by atoms with Gasteiger partial charge in [0, 0.05) is 11.5 Å². The molecule has 0 aliphatic carbocycles. The minimum atomic E-state index is -0.480. The smallest absolute Gasteiger partial charge is 0.266 e. The number of aromatic amines is 1. The van der Waals surface area contributed by atoms with Crippen molar-refractivity contribution < 1.29 is 14.3 Å². The lowest BCUT2D eigenvalue weighted by Gasteiger charge is -2.12. The number of methoxy groups -OCH3 is 1. The molecule has 0 spiro atoms. The standard InChI is InChI=1S/C20H25NO4S/c1-6-9-25-15-10-13(7-8-14(15)24-5)11-16-19(23)21-18(26-16)12-17(22)20(2,3)4/h7-8,10-12H,6,9H2,1-5H3,(H,21,23). The summed E-state index contributed by atoms with van der Waals surface area (Å²) >= 11 is 1.26. The molecular weight excluding hydrogens is 350 g/mol. The van der Waals surface area contributed by atoms with Gasteiger partial charge in [-0.1, -0.05) is 33.8 Å². The number of H-pyrrole nitrogens is 1. The van der Waals surface area contributed by atoms with Crippen LogP contribution < -0.4 is 24.2 Å². The molecule has 1 N–H and O–H groups in total. The van der Waals surface area contributed by atoms with E-state index < -0.39 is 5.41 Å². The van der Waals surface area contributed by atoms with Crippen molar-refractivity contribution in [1.82, 2.24) is 4.98 Å². The number of carbonyl (C=O) groups excluding carboxylic acids is 1. The molecule has 1 heterocycles. The van der Waals surface area contributed by atoms with Gasteiger partial charge < -0.3 is 14.5 Å². The fourth-order valence-corrected chi connectivity index (χ4v) is 3.00. The van der Waals surface area contributed by atoms with E-state index in [0.717, 1.165) is 12.0 Å². The third kappa shape index (κ3) is 5.08. The third-order valence-electron chi connectivity index (χ3n) is 3.63. The molecule has 0 aliphatic rings. The monoisotopic (exact) mass is 375 g/mol.